The Kier molecular flexibility index (Phi) is 4.35. The number of halogens is 2. The Morgan fingerprint density at radius 1 is 1.09 bits per heavy atom. The van der Waals surface area contributed by atoms with E-state index in [1.165, 1.54) is 18.2 Å². The van der Waals surface area contributed by atoms with E-state index in [9.17, 15) is 14.7 Å². The number of hydrogen-bond acceptors (Lipinski definition) is 4. The molecule has 1 aliphatic rings. The van der Waals surface area contributed by atoms with Gasteiger partial charge in [-0.15, -0.1) is 0 Å². The summed E-state index contributed by atoms with van der Waals surface area (Å²) in [5.41, 5.74) is 0.771. The zero-order valence-corrected chi connectivity index (χ0v) is 13.8. The highest BCUT2D eigenvalue weighted by molar-refractivity contribution is 8.19. The number of anilines is 1. The molecule has 7 heteroatoms. The molecule has 23 heavy (non-hydrogen) atoms. The number of carbonyl (C=O) groups is 2. The second-order valence-electron chi connectivity index (χ2n) is 4.68. The molecule has 0 aromatic heterocycles. The molecule has 2 aromatic carbocycles. The average Bonchev–Trinajstić information content (AvgIpc) is 2.79. The third-order valence-electron chi connectivity index (χ3n) is 3.15. The molecule has 0 radical (unpaired) electrons. The molecule has 1 fully saturated rings. The number of para-hydroxylation sites is 1. The number of imide groups is 1. The van der Waals surface area contributed by atoms with Crippen LogP contribution < -0.4 is 4.90 Å². The highest BCUT2D eigenvalue weighted by Crippen LogP contribution is 2.38. The van der Waals surface area contributed by atoms with Gasteiger partial charge in [-0.1, -0.05) is 41.4 Å². The maximum absolute atomic E-state index is 12.5. The zero-order chi connectivity index (χ0) is 16.6. The summed E-state index contributed by atoms with van der Waals surface area (Å²) in [6, 6.07) is 11.5. The molecule has 1 N–H and O–H groups in total. The molecule has 0 unspecified atom stereocenters. The predicted molar refractivity (Wildman–Crippen MR) is 93.0 cm³/mol. The van der Waals surface area contributed by atoms with E-state index in [2.05, 4.69) is 0 Å². The first kappa shape index (κ1) is 15.9. The fourth-order valence-corrected chi connectivity index (χ4v) is 3.45. The van der Waals surface area contributed by atoms with Crippen LogP contribution in [0.25, 0.3) is 6.08 Å². The molecule has 0 atom stereocenters. The molecule has 4 nitrogen and oxygen atoms in total. The van der Waals surface area contributed by atoms with E-state index in [0.29, 0.717) is 10.7 Å². The van der Waals surface area contributed by atoms with Crippen LogP contribution in [0.2, 0.25) is 10.0 Å². The molecule has 116 valence electrons. The van der Waals surface area contributed by atoms with Gasteiger partial charge in [0.05, 0.1) is 15.6 Å². The van der Waals surface area contributed by atoms with Crippen LogP contribution in [0.15, 0.2) is 47.4 Å². The molecule has 3 rings (SSSR count). The van der Waals surface area contributed by atoms with E-state index in [1.807, 2.05) is 0 Å². The largest absolute Gasteiger partial charge is 0.506 e. The van der Waals surface area contributed by atoms with Crippen LogP contribution in [-0.2, 0) is 4.79 Å². The van der Waals surface area contributed by atoms with Gasteiger partial charge in [0.25, 0.3) is 11.1 Å². The third kappa shape index (κ3) is 3.08. The van der Waals surface area contributed by atoms with E-state index in [4.69, 9.17) is 23.2 Å². The van der Waals surface area contributed by atoms with Crippen LogP contribution in [-0.4, -0.2) is 16.3 Å². The van der Waals surface area contributed by atoms with Gasteiger partial charge in [-0.2, -0.15) is 0 Å². The minimum atomic E-state index is -0.457. The van der Waals surface area contributed by atoms with Crippen LogP contribution in [0.5, 0.6) is 5.75 Å². The minimum absolute atomic E-state index is 0.0750. The van der Waals surface area contributed by atoms with Gasteiger partial charge in [-0.25, -0.2) is 4.90 Å². The molecule has 1 aliphatic heterocycles. The first-order valence-electron chi connectivity index (χ1n) is 6.48. The van der Waals surface area contributed by atoms with Crippen LogP contribution >= 0.6 is 35.0 Å². The summed E-state index contributed by atoms with van der Waals surface area (Å²) in [4.78, 5) is 25.9. The quantitative estimate of drug-likeness (QED) is 0.765. The Bertz CT molecular complexity index is 837. The number of hydrogen-bond donors (Lipinski definition) is 1. The van der Waals surface area contributed by atoms with Crippen molar-refractivity contribution in [3.05, 3.63) is 63.0 Å². The fourth-order valence-electron chi connectivity index (χ4n) is 2.10. The number of amides is 2. The highest BCUT2D eigenvalue weighted by Gasteiger charge is 2.36. The number of rotatable bonds is 2. The van der Waals surface area contributed by atoms with E-state index < -0.39 is 11.1 Å². The summed E-state index contributed by atoms with van der Waals surface area (Å²) in [6.07, 6.45) is 1.40. The van der Waals surface area contributed by atoms with Gasteiger partial charge in [0, 0.05) is 10.6 Å². The Labute approximate surface area is 146 Å². The van der Waals surface area contributed by atoms with Crippen molar-refractivity contribution >= 4 is 57.9 Å². The van der Waals surface area contributed by atoms with Crippen molar-refractivity contribution < 1.29 is 14.7 Å². The lowest BCUT2D eigenvalue weighted by molar-refractivity contribution is -0.113. The van der Waals surface area contributed by atoms with E-state index >= 15 is 0 Å². The Morgan fingerprint density at radius 2 is 1.78 bits per heavy atom. The van der Waals surface area contributed by atoms with Gasteiger partial charge in [-0.05, 0) is 42.1 Å². The summed E-state index contributed by atoms with van der Waals surface area (Å²) in [6.45, 7) is 0. The van der Waals surface area contributed by atoms with Crippen LogP contribution in [0, 0.1) is 0 Å². The number of nitrogens with zero attached hydrogens (tertiary/aromatic N) is 1. The monoisotopic (exact) mass is 365 g/mol. The molecule has 0 bridgehead atoms. The van der Waals surface area contributed by atoms with Crippen molar-refractivity contribution in [2.45, 2.75) is 0 Å². The van der Waals surface area contributed by atoms with Gasteiger partial charge in [0.15, 0.2) is 0 Å². The molecular formula is C16H9Cl2NO3S. The SMILES string of the molecule is O=C1S/C(=C/c2cc(Cl)cc(Cl)c2O)C(=O)N1c1ccccc1. The van der Waals surface area contributed by atoms with Crippen LogP contribution in [0.1, 0.15) is 5.56 Å². The summed E-state index contributed by atoms with van der Waals surface area (Å²) in [5.74, 6) is -0.649. The van der Waals surface area contributed by atoms with Gasteiger partial charge in [0.1, 0.15) is 5.75 Å². The van der Waals surface area contributed by atoms with Gasteiger partial charge in [-0.3, -0.25) is 9.59 Å². The van der Waals surface area contributed by atoms with Crippen molar-refractivity contribution in [1.29, 1.82) is 0 Å². The molecule has 0 saturated carbocycles. The topological polar surface area (TPSA) is 57.6 Å². The van der Waals surface area contributed by atoms with Crippen LogP contribution in [0.4, 0.5) is 10.5 Å². The second kappa shape index (κ2) is 6.28. The molecular weight excluding hydrogens is 357 g/mol. The molecule has 0 spiro atoms. The first-order chi connectivity index (χ1) is 11.0. The summed E-state index contributed by atoms with van der Waals surface area (Å²) in [7, 11) is 0. The maximum atomic E-state index is 12.5. The van der Waals surface area contributed by atoms with Gasteiger partial charge in [0.2, 0.25) is 0 Å². The fraction of sp³-hybridized carbons (Fsp3) is 0. The molecule has 2 aromatic rings. The van der Waals surface area contributed by atoms with E-state index in [0.717, 1.165) is 16.7 Å². The Balaban J connectivity index is 2.00. The number of thioether (sulfide) groups is 1. The smallest absolute Gasteiger partial charge is 0.298 e. The minimum Gasteiger partial charge on any atom is -0.506 e. The van der Waals surface area contributed by atoms with Gasteiger partial charge >= 0.3 is 0 Å². The average molecular weight is 366 g/mol. The second-order valence-corrected chi connectivity index (χ2v) is 6.51. The number of phenolic OH excluding ortho intramolecular Hbond substituents is 1. The number of aromatic hydroxyl groups is 1. The van der Waals surface area contributed by atoms with E-state index in [1.54, 1.807) is 30.3 Å². The number of phenols is 1. The van der Waals surface area contributed by atoms with Crippen molar-refractivity contribution in [1.82, 2.24) is 0 Å². The van der Waals surface area contributed by atoms with Crippen molar-refractivity contribution in [2.75, 3.05) is 4.90 Å². The van der Waals surface area contributed by atoms with Crippen molar-refractivity contribution in [3.63, 3.8) is 0 Å². The lowest BCUT2D eigenvalue weighted by Crippen LogP contribution is -2.27. The highest BCUT2D eigenvalue weighted by atomic mass is 35.5. The van der Waals surface area contributed by atoms with Crippen molar-refractivity contribution in [2.24, 2.45) is 0 Å². The Hall–Kier alpha value is -1.95. The van der Waals surface area contributed by atoms with Crippen molar-refractivity contribution in [3.8, 4) is 5.75 Å². The lowest BCUT2D eigenvalue weighted by atomic mass is 10.2. The molecule has 1 heterocycles. The zero-order valence-electron chi connectivity index (χ0n) is 11.5. The number of benzene rings is 2. The van der Waals surface area contributed by atoms with Gasteiger partial charge < -0.3 is 5.11 Å². The summed E-state index contributed by atoms with van der Waals surface area (Å²) in [5, 5.41) is 9.96. The molecule has 0 aliphatic carbocycles. The number of carbonyl (C=O) groups excluding carboxylic acids is 2. The van der Waals surface area contributed by atoms with Crippen LogP contribution in [0.3, 0.4) is 0 Å². The predicted octanol–water partition coefficient (Wildman–Crippen LogP) is 4.94. The maximum Gasteiger partial charge on any atom is 0.298 e. The summed E-state index contributed by atoms with van der Waals surface area (Å²) >= 11 is 12.6. The lowest BCUT2D eigenvalue weighted by Gasteiger charge is -2.11. The van der Waals surface area contributed by atoms with E-state index in [-0.39, 0.29) is 21.2 Å². The third-order valence-corrected chi connectivity index (χ3v) is 4.53. The standard InChI is InChI=1S/C16H9Cl2NO3S/c17-10-6-9(14(20)12(18)8-10)7-13-15(21)19(16(22)23-13)11-4-2-1-3-5-11/h1-8,20H/b13-7+. The Morgan fingerprint density at radius 3 is 2.48 bits per heavy atom. The molecule has 1 saturated heterocycles. The normalized spacial score (nSPS) is 16.4. The first-order valence-corrected chi connectivity index (χ1v) is 8.05. The summed E-state index contributed by atoms with van der Waals surface area (Å²) < 4.78 is 0. The molecule has 2 amide bonds.